The van der Waals surface area contributed by atoms with E-state index in [1.807, 2.05) is 44.4 Å². The standard InChI is InChI=1S/C25H29N5OS2/c1-15-7-8-18(11-16(15)2)29-20(31)14-33-23-19(12-26)25(9-5-4-6-10-25)21(22(27)30-23)24-28-17(3)13-32-24/h7-8,11,13,21H,4-6,9-10,14H2,1-3H3,(H2,27,30)(H,29,31)/t21-/m1/s1. The molecule has 0 saturated heterocycles. The van der Waals surface area contributed by atoms with Gasteiger partial charge in [0.2, 0.25) is 5.91 Å². The van der Waals surface area contributed by atoms with E-state index in [1.165, 1.54) is 17.3 Å². The van der Waals surface area contributed by atoms with Crippen molar-refractivity contribution in [3.05, 3.63) is 56.0 Å². The first-order valence-electron chi connectivity index (χ1n) is 11.2. The van der Waals surface area contributed by atoms with Crippen molar-refractivity contribution in [2.75, 3.05) is 11.1 Å². The fourth-order valence-electron chi connectivity index (χ4n) is 4.88. The average molecular weight is 480 g/mol. The third-order valence-electron chi connectivity index (χ3n) is 6.66. The molecule has 172 valence electrons. The molecule has 1 aliphatic carbocycles. The van der Waals surface area contributed by atoms with E-state index in [4.69, 9.17) is 10.7 Å². The van der Waals surface area contributed by atoms with E-state index in [0.29, 0.717) is 16.4 Å². The molecule has 1 amide bonds. The fraction of sp³-hybridized carbons (Fsp3) is 0.440. The molecule has 1 fully saturated rings. The van der Waals surface area contributed by atoms with Gasteiger partial charge in [-0.25, -0.2) is 9.98 Å². The summed E-state index contributed by atoms with van der Waals surface area (Å²) in [4.78, 5) is 22.0. The third kappa shape index (κ3) is 4.71. The molecule has 1 saturated carbocycles. The highest BCUT2D eigenvalue weighted by atomic mass is 32.2. The summed E-state index contributed by atoms with van der Waals surface area (Å²) in [5.41, 5.74) is 10.9. The summed E-state index contributed by atoms with van der Waals surface area (Å²) >= 11 is 2.89. The topological polar surface area (TPSA) is 104 Å². The van der Waals surface area contributed by atoms with Gasteiger partial charge >= 0.3 is 0 Å². The Labute approximate surface area is 203 Å². The lowest BCUT2D eigenvalue weighted by Crippen LogP contribution is -2.43. The van der Waals surface area contributed by atoms with Crippen LogP contribution >= 0.6 is 23.1 Å². The van der Waals surface area contributed by atoms with Crippen LogP contribution in [0.5, 0.6) is 0 Å². The van der Waals surface area contributed by atoms with Gasteiger partial charge in [-0.05, 0) is 56.9 Å². The number of amides is 1. The van der Waals surface area contributed by atoms with E-state index < -0.39 is 5.41 Å². The van der Waals surface area contributed by atoms with Gasteiger partial charge in [-0.15, -0.1) is 11.3 Å². The van der Waals surface area contributed by atoms with Crippen LogP contribution in [0, 0.1) is 37.5 Å². The maximum Gasteiger partial charge on any atom is 0.234 e. The number of nitrogens with two attached hydrogens (primary N) is 1. The summed E-state index contributed by atoms with van der Waals surface area (Å²) < 4.78 is 0. The number of thiazole rings is 1. The zero-order chi connectivity index (χ0) is 23.6. The summed E-state index contributed by atoms with van der Waals surface area (Å²) in [6.07, 6.45) is 5.01. The van der Waals surface area contributed by atoms with Crippen molar-refractivity contribution in [3.8, 4) is 6.07 Å². The number of nitrogens with zero attached hydrogens (tertiary/aromatic N) is 3. The van der Waals surface area contributed by atoms with E-state index in [2.05, 4.69) is 16.4 Å². The number of aromatic nitrogens is 1. The monoisotopic (exact) mass is 479 g/mol. The smallest absolute Gasteiger partial charge is 0.234 e. The van der Waals surface area contributed by atoms with E-state index in [0.717, 1.165) is 54.1 Å². The number of allylic oxidation sites excluding steroid dienone is 1. The van der Waals surface area contributed by atoms with Crippen LogP contribution in [-0.4, -0.2) is 22.5 Å². The quantitative estimate of drug-likeness (QED) is 0.582. The highest BCUT2D eigenvalue weighted by molar-refractivity contribution is 8.03. The molecule has 2 heterocycles. The minimum absolute atomic E-state index is 0.128. The van der Waals surface area contributed by atoms with Crippen LogP contribution in [0.1, 0.15) is 59.9 Å². The van der Waals surface area contributed by atoms with Crippen LogP contribution in [0.3, 0.4) is 0 Å². The van der Waals surface area contributed by atoms with Crippen molar-refractivity contribution in [2.45, 2.75) is 58.8 Å². The van der Waals surface area contributed by atoms with Gasteiger partial charge in [0.1, 0.15) is 15.9 Å². The van der Waals surface area contributed by atoms with Crippen molar-refractivity contribution >= 4 is 40.5 Å². The molecule has 1 spiro atoms. The highest BCUT2D eigenvalue weighted by Gasteiger charge is 2.50. The van der Waals surface area contributed by atoms with Crippen molar-refractivity contribution in [3.63, 3.8) is 0 Å². The number of aliphatic imine (C=N–C) groups is 1. The summed E-state index contributed by atoms with van der Waals surface area (Å²) in [5, 5.41) is 16.7. The first-order valence-corrected chi connectivity index (χ1v) is 13.1. The molecule has 0 unspecified atom stereocenters. The highest BCUT2D eigenvalue weighted by Crippen LogP contribution is 2.56. The van der Waals surface area contributed by atoms with E-state index in [-0.39, 0.29) is 17.6 Å². The number of carbonyl (C=O) groups is 1. The molecule has 4 rings (SSSR count). The third-order valence-corrected chi connectivity index (χ3v) is 8.67. The number of aryl methyl sites for hydroxylation is 3. The molecule has 1 atom stereocenters. The minimum atomic E-state index is -0.393. The number of nitriles is 1. The predicted molar refractivity (Wildman–Crippen MR) is 136 cm³/mol. The Kier molecular flexibility index (Phi) is 6.91. The molecule has 1 aromatic carbocycles. The lowest BCUT2D eigenvalue weighted by Gasteiger charge is -2.44. The van der Waals surface area contributed by atoms with E-state index in [1.54, 1.807) is 11.3 Å². The number of nitrogens with one attached hydrogen (secondary N) is 1. The maximum absolute atomic E-state index is 12.7. The average Bonchev–Trinajstić information content (AvgIpc) is 3.21. The summed E-state index contributed by atoms with van der Waals surface area (Å²) in [6.45, 7) is 6.03. The van der Waals surface area contributed by atoms with E-state index in [9.17, 15) is 10.1 Å². The van der Waals surface area contributed by atoms with Gasteiger partial charge in [0.05, 0.1) is 23.3 Å². The zero-order valence-corrected chi connectivity index (χ0v) is 20.9. The van der Waals surface area contributed by atoms with Crippen LogP contribution in [0.15, 0.2) is 39.2 Å². The second kappa shape index (κ2) is 9.70. The number of amidine groups is 1. The van der Waals surface area contributed by atoms with Gasteiger partial charge in [-0.3, -0.25) is 4.79 Å². The molecule has 0 bridgehead atoms. The van der Waals surface area contributed by atoms with Gasteiger partial charge < -0.3 is 11.1 Å². The van der Waals surface area contributed by atoms with Gasteiger partial charge in [0, 0.05) is 22.2 Å². The number of rotatable bonds is 5. The number of hydrogen-bond donors (Lipinski definition) is 2. The SMILES string of the molecule is Cc1csc([C@H]2C(N)=NC(SCC(=O)Nc3ccc(C)c(C)c3)=C(C#N)C23CCCCC3)n1. The maximum atomic E-state index is 12.7. The molecule has 6 nitrogen and oxygen atoms in total. The molecule has 33 heavy (non-hydrogen) atoms. The number of anilines is 1. The molecule has 0 radical (unpaired) electrons. The second-order valence-corrected chi connectivity index (χ2v) is 10.8. The molecular formula is C25H29N5OS2. The molecular weight excluding hydrogens is 450 g/mol. The van der Waals surface area contributed by atoms with Gasteiger partial charge in [-0.1, -0.05) is 37.1 Å². The Hall–Kier alpha value is -2.63. The first kappa shape index (κ1) is 23.5. The summed E-state index contributed by atoms with van der Waals surface area (Å²) in [7, 11) is 0. The fourth-order valence-corrected chi connectivity index (χ4v) is 6.81. The number of benzene rings is 1. The Bertz CT molecular complexity index is 1170. The van der Waals surface area contributed by atoms with Crippen molar-refractivity contribution in [1.29, 1.82) is 5.26 Å². The molecule has 1 aromatic heterocycles. The zero-order valence-electron chi connectivity index (χ0n) is 19.3. The molecule has 2 aromatic rings. The lowest BCUT2D eigenvalue weighted by atomic mass is 9.61. The molecule has 2 aliphatic rings. The summed E-state index contributed by atoms with van der Waals surface area (Å²) in [5.74, 6) is 0.362. The Morgan fingerprint density at radius 1 is 1.27 bits per heavy atom. The second-order valence-electron chi connectivity index (χ2n) is 8.94. The van der Waals surface area contributed by atoms with Gasteiger partial charge in [-0.2, -0.15) is 5.26 Å². The lowest BCUT2D eigenvalue weighted by molar-refractivity contribution is -0.113. The van der Waals surface area contributed by atoms with Crippen LogP contribution in [0.4, 0.5) is 5.69 Å². The summed E-state index contributed by atoms with van der Waals surface area (Å²) in [6, 6.07) is 8.33. The molecule has 1 aliphatic heterocycles. The number of hydrogen-bond acceptors (Lipinski definition) is 7. The van der Waals surface area contributed by atoms with Crippen LogP contribution in [-0.2, 0) is 4.79 Å². The Morgan fingerprint density at radius 3 is 2.67 bits per heavy atom. The Morgan fingerprint density at radius 2 is 2.03 bits per heavy atom. The molecule has 8 heteroatoms. The van der Waals surface area contributed by atoms with Crippen LogP contribution < -0.4 is 11.1 Å². The van der Waals surface area contributed by atoms with Crippen molar-refractivity contribution in [2.24, 2.45) is 16.1 Å². The number of carbonyl (C=O) groups excluding carboxylic acids is 1. The first-order chi connectivity index (χ1) is 15.8. The van der Waals surface area contributed by atoms with Crippen molar-refractivity contribution < 1.29 is 4.79 Å². The van der Waals surface area contributed by atoms with Crippen LogP contribution in [0.2, 0.25) is 0 Å². The van der Waals surface area contributed by atoms with Crippen molar-refractivity contribution in [1.82, 2.24) is 4.98 Å². The predicted octanol–water partition coefficient (Wildman–Crippen LogP) is 5.58. The normalized spacial score (nSPS) is 19.8. The van der Waals surface area contributed by atoms with Gasteiger partial charge in [0.15, 0.2) is 0 Å². The van der Waals surface area contributed by atoms with Gasteiger partial charge in [0.25, 0.3) is 0 Å². The van der Waals surface area contributed by atoms with Crippen LogP contribution in [0.25, 0.3) is 0 Å². The minimum Gasteiger partial charge on any atom is -0.387 e. The molecule has 3 N–H and O–H groups in total. The Balaban J connectivity index is 1.59. The largest absolute Gasteiger partial charge is 0.387 e. The van der Waals surface area contributed by atoms with E-state index >= 15 is 0 Å². The number of thioether (sulfide) groups is 1.